The van der Waals surface area contributed by atoms with Gasteiger partial charge in [0.25, 0.3) is 0 Å². The first-order valence-electron chi connectivity index (χ1n) is 6.49. The van der Waals surface area contributed by atoms with Gasteiger partial charge in [-0.1, -0.05) is 29.3 Å². The topological polar surface area (TPSA) is 21.3 Å². The molecule has 1 N–H and O–H groups in total. The zero-order valence-corrected chi connectivity index (χ0v) is 13.3. The molecule has 0 amide bonds. The molecule has 2 aromatic rings. The molecule has 1 unspecified atom stereocenters. The monoisotopic (exact) mass is 327 g/mol. The van der Waals surface area contributed by atoms with Crippen molar-refractivity contribution in [1.82, 2.24) is 5.32 Å². The number of hydrogen-bond acceptors (Lipinski definition) is 2. The van der Waals surface area contributed by atoms with E-state index < -0.39 is 5.82 Å². The van der Waals surface area contributed by atoms with E-state index in [0.29, 0.717) is 11.4 Å². The van der Waals surface area contributed by atoms with E-state index in [0.717, 1.165) is 16.9 Å². The second-order valence-electron chi connectivity index (χ2n) is 4.68. The lowest BCUT2D eigenvalue weighted by molar-refractivity contribution is 0.406. The van der Waals surface area contributed by atoms with Gasteiger partial charge in [0.05, 0.1) is 12.1 Å². The van der Waals surface area contributed by atoms with Crippen LogP contribution in [0.2, 0.25) is 10.0 Å². The van der Waals surface area contributed by atoms with Crippen molar-refractivity contribution in [3.8, 4) is 5.75 Å². The molecule has 112 valence electrons. The molecule has 5 heteroatoms. The Labute approximate surface area is 133 Å². The van der Waals surface area contributed by atoms with Gasteiger partial charge < -0.3 is 10.1 Å². The summed E-state index contributed by atoms with van der Waals surface area (Å²) in [6.07, 6.45) is 0.626. The fraction of sp³-hybridized carbons (Fsp3) is 0.250. The Kier molecular flexibility index (Phi) is 5.45. The molecule has 0 aliphatic heterocycles. The Morgan fingerprint density at radius 2 is 1.95 bits per heavy atom. The third-order valence-electron chi connectivity index (χ3n) is 3.36. The average molecular weight is 328 g/mol. The number of ether oxygens (including phenoxy) is 1. The number of likely N-dealkylation sites (N-methyl/N-ethyl adjacent to an activating group) is 1. The molecule has 0 spiro atoms. The normalized spacial score (nSPS) is 12.2. The van der Waals surface area contributed by atoms with Gasteiger partial charge >= 0.3 is 0 Å². The van der Waals surface area contributed by atoms with E-state index >= 15 is 0 Å². The lowest BCUT2D eigenvalue weighted by Crippen LogP contribution is -2.19. The fourth-order valence-electron chi connectivity index (χ4n) is 2.24. The molecule has 2 nitrogen and oxygen atoms in total. The minimum absolute atomic E-state index is 0.0656. The zero-order chi connectivity index (χ0) is 15.4. The smallest absolute Gasteiger partial charge is 0.142 e. The Morgan fingerprint density at radius 3 is 2.57 bits per heavy atom. The highest BCUT2D eigenvalue weighted by Crippen LogP contribution is 2.29. The predicted molar refractivity (Wildman–Crippen MR) is 84.9 cm³/mol. The van der Waals surface area contributed by atoms with E-state index in [-0.39, 0.29) is 11.1 Å². The van der Waals surface area contributed by atoms with Crippen LogP contribution < -0.4 is 10.1 Å². The molecule has 0 bridgehead atoms. The van der Waals surface area contributed by atoms with E-state index in [4.69, 9.17) is 27.9 Å². The van der Waals surface area contributed by atoms with E-state index in [2.05, 4.69) is 5.32 Å². The molecule has 2 rings (SSSR count). The standard InChI is InChI=1S/C16H16Cl2FNO/c1-20-15(10-3-5-13(18)14(19)8-10)9-11-7-12(17)4-6-16(11)21-2/h3-8,15,20H,9H2,1-2H3. The first-order valence-corrected chi connectivity index (χ1v) is 7.25. The van der Waals surface area contributed by atoms with Crippen LogP contribution >= 0.6 is 23.2 Å². The number of benzene rings is 2. The summed E-state index contributed by atoms with van der Waals surface area (Å²) < 4.78 is 19.0. The van der Waals surface area contributed by atoms with Gasteiger partial charge in [-0.15, -0.1) is 0 Å². The number of hydrogen-bond donors (Lipinski definition) is 1. The molecular formula is C16H16Cl2FNO. The second-order valence-corrected chi connectivity index (χ2v) is 5.52. The largest absolute Gasteiger partial charge is 0.496 e. The van der Waals surface area contributed by atoms with Crippen molar-refractivity contribution in [2.24, 2.45) is 0 Å². The highest BCUT2D eigenvalue weighted by Gasteiger charge is 2.15. The first kappa shape index (κ1) is 16.1. The maximum absolute atomic E-state index is 13.6. The summed E-state index contributed by atoms with van der Waals surface area (Å²) in [6, 6.07) is 10.2. The molecule has 0 aliphatic carbocycles. The molecule has 0 saturated heterocycles. The van der Waals surface area contributed by atoms with Crippen LogP contribution in [-0.2, 0) is 6.42 Å². The maximum Gasteiger partial charge on any atom is 0.142 e. The SMILES string of the molecule is CNC(Cc1cc(Cl)ccc1OC)c1ccc(Cl)c(F)c1. The third-order valence-corrected chi connectivity index (χ3v) is 3.90. The quantitative estimate of drug-likeness (QED) is 0.863. The van der Waals surface area contributed by atoms with Crippen molar-refractivity contribution < 1.29 is 9.13 Å². The number of halogens is 3. The molecule has 0 aromatic heterocycles. The van der Waals surface area contributed by atoms with Gasteiger partial charge in [-0.2, -0.15) is 0 Å². The molecule has 2 aromatic carbocycles. The summed E-state index contributed by atoms with van der Waals surface area (Å²) in [5, 5.41) is 3.94. The van der Waals surface area contributed by atoms with Crippen molar-refractivity contribution in [3.63, 3.8) is 0 Å². The molecule has 0 heterocycles. The maximum atomic E-state index is 13.6. The van der Waals surface area contributed by atoms with Gasteiger partial charge in [0, 0.05) is 11.1 Å². The van der Waals surface area contributed by atoms with Crippen LogP contribution in [0, 0.1) is 5.82 Å². The predicted octanol–water partition coefficient (Wildman–Crippen LogP) is 4.64. The van der Waals surface area contributed by atoms with Crippen molar-refractivity contribution >= 4 is 23.2 Å². The molecular weight excluding hydrogens is 312 g/mol. The van der Waals surface area contributed by atoms with Crippen LogP contribution in [0.5, 0.6) is 5.75 Å². The van der Waals surface area contributed by atoms with Crippen LogP contribution in [-0.4, -0.2) is 14.2 Å². The highest BCUT2D eigenvalue weighted by molar-refractivity contribution is 6.31. The van der Waals surface area contributed by atoms with Crippen molar-refractivity contribution in [2.45, 2.75) is 12.5 Å². The lowest BCUT2D eigenvalue weighted by atomic mass is 9.98. The van der Waals surface area contributed by atoms with Crippen LogP contribution in [0.3, 0.4) is 0 Å². The number of rotatable bonds is 5. The average Bonchev–Trinajstić information content (AvgIpc) is 2.48. The minimum atomic E-state index is -0.424. The summed E-state index contributed by atoms with van der Waals surface area (Å²) in [7, 11) is 3.44. The van der Waals surface area contributed by atoms with Crippen molar-refractivity contribution in [3.05, 3.63) is 63.4 Å². The third kappa shape index (κ3) is 3.88. The van der Waals surface area contributed by atoms with Crippen LogP contribution in [0.1, 0.15) is 17.2 Å². The van der Waals surface area contributed by atoms with Crippen molar-refractivity contribution in [1.29, 1.82) is 0 Å². The van der Waals surface area contributed by atoms with Gasteiger partial charge in [-0.05, 0) is 54.9 Å². The van der Waals surface area contributed by atoms with E-state index in [9.17, 15) is 4.39 Å². The molecule has 0 fully saturated rings. The van der Waals surface area contributed by atoms with Gasteiger partial charge in [0.15, 0.2) is 0 Å². The molecule has 0 saturated carbocycles. The van der Waals surface area contributed by atoms with Gasteiger partial charge in [-0.3, -0.25) is 0 Å². The van der Waals surface area contributed by atoms with Crippen LogP contribution in [0.4, 0.5) is 4.39 Å². The summed E-state index contributed by atoms with van der Waals surface area (Å²) in [5.74, 6) is 0.335. The van der Waals surface area contributed by atoms with Crippen LogP contribution in [0.25, 0.3) is 0 Å². The lowest BCUT2D eigenvalue weighted by Gasteiger charge is -2.19. The van der Waals surface area contributed by atoms with E-state index in [1.807, 2.05) is 25.2 Å². The molecule has 0 radical (unpaired) electrons. The Bertz CT molecular complexity index is 634. The fourth-order valence-corrected chi connectivity index (χ4v) is 2.55. The highest BCUT2D eigenvalue weighted by atomic mass is 35.5. The molecule has 0 aliphatic rings. The van der Waals surface area contributed by atoms with Crippen LogP contribution in [0.15, 0.2) is 36.4 Å². The number of methoxy groups -OCH3 is 1. The Morgan fingerprint density at radius 1 is 1.19 bits per heavy atom. The van der Waals surface area contributed by atoms with E-state index in [1.165, 1.54) is 6.07 Å². The summed E-state index contributed by atoms with van der Waals surface area (Å²) >= 11 is 11.8. The number of nitrogens with one attached hydrogen (secondary N) is 1. The van der Waals surface area contributed by atoms with Crippen molar-refractivity contribution in [2.75, 3.05) is 14.2 Å². The van der Waals surface area contributed by atoms with E-state index in [1.54, 1.807) is 19.2 Å². The summed E-state index contributed by atoms with van der Waals surface area (Å²) in [4.78, 5) is 0. The first-order chi connectivity index (χ1) is 10.0. The van der Waals surface area contributed by atoms with Gasteiger partial charge in [-0.25, -0.2) is 4.39 Å². The Balaban J connectivity index is 2.30. The molecule has 21 heavy (non-hydrogen) atoms. The van der Waals surface area contributed by atoms with Gasteiger partial charge in [0.2, 0.25) is 0 Å². The summed E-state index contributed by atoms with van der Waals surface area (Å²) in [6.45, 7) is 0. The summed E-state index contributed by atoms with van der Waals surface area (Å²) in [5.41, 5.74) is 1.78. The molecule has 1 atom stereocenters. The second kappa shape index (κ2) is 7.12. The zero-order valence-electron chi connectivity index (χ0n) is 11.8. The van der Waals surface area contributed by atoms with Gasteiger partial charge in [0.1, 0.15) is 11.6 Å². The minimum Gasteiger partial charge on any atom is -0.496 e. The Hall–Kier alpha value is -1.29.